The largest absolute Gasteiger partial charge is 0.451 e. The molecule has 0 saturated carbocycles. The Kier molecular flexibility index (Phi) is 6.26. The third kappa shape index (κ3) is 4.60. The molecule has 0 aromatic heterocycles. The monoisotopic (exact) mass is 421 g/mol. The van der Waals surface area contributed by atoms with Crippen molar-refractivity contribution in [2.45, 2.75) is 57.1 Å². The van der Waals surface area contributed by atoms with Crippen LogP contribution in [0.25, 0.3) is 0 Å². The first-order chi connectivity index (χ1) is 13.7. The fraction of sp³-hybridized carbons (Fsp3) is 0.550. The van der Waals surface area contributed by atoms with Crippen molar-refractivity contribution in [1.29, 1.82) is 0 Å². The second kappa shape index (κ2) is 8.52. The fourth-order valence-electron chi connectivity index (χ4n) is 3.51. The standard InChI is InChI=1S/C20H27N3O5S/c1-13(2)17(20(25)28-14(3)19(24)23-11-7-4-8-12-23)21-18-15-9-5-6-10-16(15)29(26,27)22-18/h5-6,9-10,13-14,17H,4,7-8,11-12H2,1-3H3,(H,21,22). The van der Waals surface area contributed by atoms with Crippen molar-refractivity contribution in [3.8, 4) is 0 Å². The molecule has 9 heteroatoms. The number of carbonyl (C=O) groups is 2. The number of esters is 1. The van der Waals surface area contributed by atoms with E-state index in [1.165, 1.54) is 6.07 Å². The Morgan fingerprint density at radius 1 is 1.10 bits per heavy atom. The van der Waals surface area contributed by atoms with Crippen molar-refractivity contribution in [3.63, 3.8) is 0 Å². The van der Waals surface area contributed by atoms with E-state index in [-0.39, 0.29) is 22.6 Å². The number of amides is 1. The fourth-order valence-corrected chi connectivity index (χ4v) is 4.75. The zero-order valence-electron chi connectivity index (χ0n) is 16.9. The summed E-state index contributed by atoms with van der Waals surface area (Å²) in [5, 5.41) is 0. The van der Waals surface area contributed by atoms with E-state index in [1.54, 1.807) is 43.9 Å². The highest BCUT2D eigenvalue weighted by molar-refractivity contribution is 7.90. The number of fused-ring (bicyclic) bond motifs is 1. The molecule has 2 aliphatic rings. The number of rotatable bonds is 5. The van der Waals surface area contributed by atoms with Crippen molar-refractivity contribution in [2.24, 2.45) is 10.9 Å². The lowest BCUT2D eigenvalue weighted by Crippen LogP contribution is -2.44. The average Bonchev–Trinajstić information content (AvgIpc) is 2.96. The predicted molar refractivity (Wildman–Crippen MR) is 108 cm³/mol. The van der Waals surface area contributed by atoms with Crippen LogP contribution in [0.1, 0.15) is 45.6 Å². The van der Waals surface area contributed by atoms with E-state index < -0.39 is 28.1 Å². The second-order valence-electron chi connectivity index (χ2n) is 7.73. The summed E-state index contributed by atoms with van der Waals surface area (Å²) in [4.78, 5) is 31.5. The Morgan fingerprint density at radius 3 is 2.41 bits per heavy atom. The van der Waals surface area contributed by atoms with E-state index in [4.69, 9.17) is 4.74 Å². The van der Waals surface area contributed by atoms with Crippen molar-refractivity contribution in [3.05, 3.63) is 29.8 Å². The number of ether oxygens (including phenoxy) is 1. The van der Waals surface area contributed by atoms with Gasteiger partial charge in [0.25, 0.3) is 15.9 Å². The van der Waals surface area contributed by atoms with Gasteiger partial charge in [-0.05, 0) is 44.2 Å². The predicted octanol–water partition coefficient (Wildman–Crippen LogP) is 1.69. The molecular weight excluding hydrogens is 394 g/mol. The minimum absolute atomic E-state index is 0.117. The first-order valence-corrected chi connectivity index (χ1v) is 11.4. The number of amidine groups is 1. The molecule has 2 aliphatic heterocycles. The van der Waals surface area contributed by atoms with Crippen LogP contribution in [0.15, 0.2) is 34.2 Å². The van der Waals surface area contributed by atoms with Crippen LogP contribution in [0.3, 0.4) is 0 Å². The third-order valence-electron chi connectivity index (χ3n) is 5.11. The summed E-state index contributed by atoms with van der Waals surface area (Å²) in [5.74, 6) is -0.982. The molecule has 2 unspecified atom stereocenters. The maximum absolute atomic E-state index is 12.8. The maximum Gasteiger partial charge on any atom is 0.331 e. The SMILES string of the molecule is CC(OC(=O)C(N=C1NS(=O)(=O)c2ccccc21)C(C)C)C(=O)N1CCCCC1. The van der Waals surface area contributed by atoms with E-state index in [1.807, 2.05) is 0 Å². The van der Waals surface area contributed by atoms with Crippen LogP contribution in [0.2, 0.25) is 0 Å². The average molecular weight is 422 g/mol. The molecule has 1 saturated heterocycles. The van der Waals surface area contributed by atoms with Gasteiger partial charge < -0.3 is 9.64 Å². The number of piperidine rings is 1. The van der Waals surface area contributed by atoms with Crippen LogP contribution in [-0.4, -0.2) is 56.3 Å². The minimum Gasteiger partial charge on any atom is -0.451 e. The quantitative estimate of drug-likeness (QED) is 0.729. The molecule has 8 nitrogen and oxygen atoms in total. The highest BCUT2D eigenvalue weighted by Crippen LogP contribution is 2.24. The molecule has 1 aromatic rings. The molecule has 2 heterocycles. The molecule has 3 rings (SSSR count). The van der Waals surface area contributed by atoms with Gasteiger partial charge in [-0.3, -0.25) is 14.5 Å². The molecular formula is C20H27N3O5S. The minimum atomic E-state index is -3.70. The Bertz CT molecular complexity index is 920. The summed E-state index contributed by atoms with van der Waals surface area (Å²) in [7, 11) is -3.70. The molecule has 0 radical (unpaired) electrons. The van der Waals surface area contributed by atoms with Crippen LogP contribution in [-0.2, 0) is 24.3 Å². The number of benzene rings is 1. The summed E-state index contributed by atoms with van der Waals surface area (Å²) in [5.41, 5.74) is 0.420. The molecule has 1 fully saturated rings. The summed E-state index contributed by atoms with van der Waals surface area (Å²) in [6.07, 6.45) is 2.10. The summed E-state index contributed by atoms with van der Waals surface area (Å²) < 4.78 is 32.4. The Labute approximate surface area is 171 Å². The third-order valence-corrected chi connectivity index (χ3v) is 6.51. The first-order valence-electron chi connectivity index (χ1n) is 9.90. The lowest BCUT2D eigenvalue weighted by Gasteiger charge is -2.29. The number of likely N-dealkylation sites (tertiary alicyclic amines) is 1. The van der Waals surface area contributed by atoms with Crippen LogP contribution in [0.5, 0.6) is 0 Å². The number of aliphatic imine (C=N–C) groups is 1. The molecule has 0 aliphatic carbocycles. The van der Waals surface area contributed by atoms with Gasteiger partial charge in [-0.25, -0.2) is 13.2 Å². The van der Waals surface area contributed by atoms with Crippen molar-refractivity contribution < 1.29 is 22.7 Å². The zero-order valence-corrected chi connectivity index (χ0v) is 17.7. The highest BCUT2D eigenvalue weighted by Gasteiger charge is 2.34. The van der Waals surface area contributed by atoms with E-state index in [9.17, 15) is 18.0 Å². The molecule has 2 atom stereocenters. The summed E-state index contributed by atoms with van der Waals surface area (Å²) in [6.45, 7) is 6.50. The summed E-state index contributed by atoms with van der Waals surface area (Å²) in [6, 6.07) is 5.52. The molecule has 0 bridgehead atoms. The highest BCUT2D eigenvalue weighted by atomic mass is 32.2. The van der Waals surface area contributed by atoms with Gasteiger partial charge in [-0.2, -0.15) is 0 Å². The van der Waals surface area contributed by atoms with Gasteiger partial charge in [-0.15, -0.1) is 0 Å². The number of nitrogens with zero attached hydrogens (tertiary/aromatic N) is 2. The van der Waals surface area contributed by atoms with E-state index >= 15 is 0 Å². The molecule has 158 valence electrons. The summed E-state index contributed by atoms with van der Waals surface area (Å²) >= 11 is 0. The van der Waals surface area contributed by atoms with E-state index in [2.05, 4.69) is 9.71 Å². The van der Waals surface area contributed by atoms with Gasteiger partial charge in [-0.1, -0.05) is 26.0 Å². The van der Waals surface area contributed by atoms with E-state index in [0.29, 0.717) is 18.7 Å². The second-order valence-corrected chi connectivity index (χ2v) is 9.38. The smallest absolute Gasteiger partial charge is 0.331 e. The van der Waals surface area contributed by atoms with Gasteiger partial charge >= 0.3 is 5.97 Å². The zero-order chi connectivity index (χ0) is 21.2. The lowest BCUT2D eigenvalue weighted by molar-refractivity contribution is -0.161. The first kappa shape index (κ1) is 21.3. The number of hydrogen-bond donors (Lipinski definition) is 1. The van der Waals surface area contributed by atoms with Gasteiger partial charge in [0.1, 0.15) is 5.84 Å². The van der Waals surface area contributed by atoms with Crippen molar-refractivity contribution >= 4 is 27.7 Å². The van der Waals surface area contributed by atoms with E-state index in [0.717, 1.165) is 19.3 Å². The number of carbonyl (C=O) groups excluding carboxylic acids is 2. The van der Waals surface area contributed by atoms with Gasteiger partial charge in [0.05, 0.1) is 4.90 Å². The number of nitrogens with one attached hydrogen (secondary N) is 1. The van der Waals surface area contributed by atoms with Crippen LogP contribution in [0, 0.1) is 5.92 Å². The Balaban J connectivity index is 1.77. The number of sulfonamides is 1. The van der Waals surface area contributed by atoms with Crippen LogP contribution in [0.4, 0.5) is 0 Å². The topological polar surface area (TPSA) is 105 Å². The lowest BCUT2D eigenvalue weighted by atomic mass is 10.0. The Hall–Kier alpha value is -2.42. The molecule has 1 N–H and O–H groups in total. The molecule has 1 amide bonds. The molecule has 0 spiro atoms. The van der Waals surface area contributed by atoms with Crippen LogP contribution >= 0.6 is 0 Å². The van der Waals surface area contributed by atoms with Gasteiger partial charge in [0, 0.05) is 18.7 Å². The van der Waals surface area contributed by atoms with Crippen molar-refractivity contribution in [1.82, 2.24) is 9.62 Å². The van der Waals surface area contributed by atoms with Gasteiger partial charge in [0.2, 0.25) is 0 Å². The van der Waals surface area contributed by atoms with Crippen LogP contribution < -0.4 is 4.72 Å². The Morgan fingerprint density at radius 2 is 1.76 bits per heavy atom. The van der Waals surface area contributed by atoms with Gasteiger partial charge in [0.15, 0.2) is 12.1 Å². The molecule has 1 aromatic carbocycles. The number of hydrogen-bond acceptors (Lipinski definition) is 6. The maximum atomic E-state index is 12.8. The van der Waals surface area contributed by atoms with Crippen molar-refractivity contribution in [2.75, 3.05) is 13.1 Å². The molecule has 29 heavy (non-hydrogen) atoms. The normalized spacial score (nSPS) is 21.4.